The van der Waals surface area contributed by atoms with Crippen molar-refractivity contribution in [3.63, 3.8) is 0 Å². The van der Waals surface area contributed by atoms with Gasteiger partial charge in [-0.2, -0.15) is 4.31 Å². The molecule has 0 aliphatic carbocycles. The number of hydrogen-bond acceptors (Lipinski definition) is 5. The Kier molecular flexibility index (Phi) is 5.99. The fourth-order valence-electron chi connectivity index (χ4n) is 3.19. The van der Waals surface area contributed by atoms with E-state index in [2.05, 4.69) is 4.90 Å². The Labute approximate surface area is 167 Å². The number of halogens is 2. The van der Waals surface area contributed by atoms with Crippen molar-refractivity contribution < 1.29 is 17.7 Å². The number of rotatable bonds is 5. The zero-order chi connectivity index (χ0) is 20.5. The first kappa shape index (κ1) is 20.7. The highest BCUT2D eigenvalue weighted by Gasteiger charge is 2.29. The molecule has 0 radical (unpaired) electrons. The minimum Gasteiger partial charge on any atom is -0.296 e. The number of benzene rings is 2. The van der Waals surface area contributed by atoms with Crippen molar-refractivity contribution in [3.8, 4) is 0 Å². The molecule has 1 heterocycles. The van der Waals surface area contributed by atoms with E-state index in [1.165, 1.54) is 16.4 Å². The fraction of sp³-hybridized carbons (Fsp3) is 0.333. The predicted octanol–water partition coefficient (Wildman–Crippen LogP) is 3.20. The number of nitro groups is 1. The van der Waals surface area contributed by atoms with Crippen LogP contribution in [0.3, 0.4) is 0 Å². The lowest BCUT2D eigenvalue weighted by molar-refractivity contribution is -0.385. The van der Waals surface area contributed by atoms with Gasteiger partial charge in [0.15, 0.2) is 0 Å². The van der Waals surface area contributed by atoms with Crippen LogP contribution in [0.2, 0.25) is 5.02 Å². The summed E-state index contributed by atoms with van der Waals surface area (Å²) in [5, 5.41) is 10.8. The largest absolute Gasteiger partial charge is 0.296 e. The number of piperazine rings is 1. The molecule has 28 heavy (non-hydrogen) atoms. The summed E-state index contributed by atoms with van der Waals surface area (Å²) >= 11 is 5.71. The molecule has 10 heteroatoms. The van der Waals surface area contributed by atoms with Gasteiger partial charge in [0.1, 0.15) is 5.82 Å². The molecular weight excluding hydrogens is 409 g/mol. The molecular formula is C18H19ClFN3O4S. The maximum absolute atomic E-state index is 13.3. The van der Waals surface area contributed by atoms with Gasteiger partial charge in [0.05, 0.1) is 14.8 Å². The average Bonchev–Trinajstić information content (AvgIpc) is 2.65. The molecule has 3 rings (SSSR count). The standard InChI is InChI=1S/C18H19ClFN3O4S/c1-13-14(3-2-4-18(13)23(24)25)12-21-7-9-22(10-8-21)28(26,27)15-5-6-17(20)16(19)11-15/h2-6,11H,7-10,12H2,1H3. The molecule has 1 saturated heterocycles. The summed E-state index contributed by atoms with van der Waals surface area (Å²) < 4.78 is 40.1. The van der Waals surface area contributed by atoms with Crippen LogP contribution in [0.4, 0.5) is 10.1 Å². The number of nitrogens with zero attached hydrogens (tertiary/aromatic N) is 3. The van der Waals surface area contributed by atoms with Gasteiger partial charge < -0.3 is 0 Å². The molecule has 0 spiro atoms. The van der Waals surface area contributed by atoms with Crippen LogP contribution in [0, 0.1) is 22.9 Å². The molecule has 0 N–H and O–H groups in total. The lowest BCUT2D eigenvalue weighted by Crippen LogP contribution is -2.48. The van der Waals surface area contributed by atoms with E-state index in [1.54, 1.807) is 13.0 Å². The molecule has 0 unspecified atom stereocenters. The van der Waals surface area contributed by atoms with Crippen LogP contribution in [0.1, 0.15) is 11.1 Å². The summed E-state index contributed by atoms with van der Waals surface area (Å²) in [7, 11) is -3.76. The predicted molar refractivity (Wildman–Crippen MR) is 103 cm³/mol. The van der Waals surface area contributed by atoms with E-state index in [9.17, 15) is 22.9 Å². The molecule has 1 aliphatic heterocycles. The molecule has 2 aromatic rings. The topological polar surface area (TPSA) is 83.8 Å². The summed E-state index contributed by atoms with van der Waals surface area (Å²) in [6, 6.07) is 8.32. The third-order valence-electron chi connectivity index (χ3n) is 4.87. The van der Waals surface area contributed by atoms with Crippen LogP contribution in [-0.4, -0.2) is 48.7 Å². The maximum atomic E-state index is 13.3. The highest BCUT2D eigenvalue weighted by molar-refractivity contribution is 7.89. The molecule has 2 aromatic carbocycles. The SMILES string of the molecule is Cc1c(CN2CCN(S(=O)(=O)c3ccc(F)c(Cl)c3)CC2)cccc1[N+](=O)[O-]. The van der Waals surface area contributed by atoms with Crippen molar-refractivity contribution in [2.75, 3.05) is 26.2 Å². The van der Waals surface area contributed by atoms with Gasteiger partial charge in [0, 0.05) is 44.4 Å². The molecule has 7 nitrogen and oxygen atoms in total. The Bertz CT molecular complexity index is 1010. The number of nitro benzene ring substituents is 1. The van der Waals surface area contributed by atoms with Crippen LogP contribution in [-0.2, 0) is 16.6 Å². The Morgan fingerprint density at radius 1 is 1.18 bits per heavy atom. The summed E-state index contributed by atoms with van der Waals surface area (Å²) in [6.45, 7) is 3.72. The van der Waals surface area contributed by atoms with Gasteiger partial charge in [-0.05, 0) is 30.7 Å². The van der Waals surface area contributed by atoms with E-state index in [1.807, 2.05) is 6.07 Å². The highest BCUT2D eigenvalue weighted by atomic mass is 35.5. The van der Waals surface area contributed by atoms with Crippen LogP contribution in [0.15, 0.2) is 41.3 Å². The van der Waals surface area contributed by atoms with E-state index in [-0.39, 0.29) is 28.7 Å². The molecule has 1 fully saturated rings. The summed E-state index contributed by atoms with van der Waals surface area (Å²) in [5.74, 6) is -0.669. The van der Waals surface area contributed by atoms with Crippen molar-refractivity contribution in [2.24, 2.45) is 0 Å². The van der Waals surface area contributed by atoms with E-state index in [0.29, 0.717) is 25.2 Å². The van der Waals surface area contributed by atoms with Gasteiger partial charge in [-0.3, -0.25) is 15.0 Å². The third kappa shape index (κ3) is 4.17. The lowest BCUT2D eigenvalue weighted by atomic mass is 10.1. The van der Waals surface area contributed by atoms with Crippen LogP contribution < -0.4 is 0 Å². The van der Waals surface area contributed by atoms with E-state index in [4.69, 9.17) is 11.6 Å². The van der Waals surface area contributed by atoms with Gasteiger partial charge in [-0.1, -0.05) is 23.7 Å². The second-order valence-electron chi connectivity index (χ2n) is 6.57. The Morgan fingerprint density at radius 2 is 1.86 bits per heavy atom. The monoisotopic (exact) mass is 427 g/mol. The van der Waals surface area contributed by atoms with Crippen molar-refractivity contribution in [2.45, 2.75) is 18.4 Å². The van der Waals surface area contributed by atoms with Crippen LogP contribution >= 0.6 is 11.6 Å². The quantitative estimate of drug-likeness (QED) is 0.540. The van der Waals surface area contributed by atoms with Crippen molar-refractivity contribution >= 4 is 27.3 Å². The normalized spacial score (nSPS) is 16.2. The molecule has 0 bridgehead atoms. The van der Waals surface area contributed by atoms with Gasteiger partial charge in [0.2, 0.25) is 10.0 Å². The zero-order valence-corrected chi connectivity index (χ0v) is 16.7. The fourth-order valence-corrected chi connectivity index (χ4v) is 4.89. The van der Waals surface area contributed by atoms with E-state index < -0.39 is 20.8 Å². The van der Waals surface area contributed by atoms with E-state index in [0.717, 1.165) is 17.7 Å². The third-order valence-corrected chi connectivity index (χ3v) is 7.05. The lowest BCUT2D eigenvalue weighted by Gasteiger charge is -2.34. The van der Waals surface area contributed by atoms with Crippen LogP contribution in [0.5, 0.6) is 0 Å². The van der Waals surface area contributed by atoms with Crippen molar-refractivity contribution in [1.29, 1.82) is 0 Å². The number of sulfonamides is 1. The summed E-state index contributed by atoms with van der Waals surface area (Å²) in [5.41, 5.74) is 1.53. The van der Waals surface area contributed by atoms with Crippen molar-refractivity contribution in [1.82, 2.24) is 9.21 Å². The smallest absolute Gasteiger partial charge is 0.272 e. The maximum Gasteiger partial charge on any atom is 0.272 e. The second-order valence-corrected chi connectivity index (χ2v) is 8.92. The van der Waals surface area contributed by atoms with Gasteiger partial charge in [0.25, 0.3) is 5.69 Å². The Balaban J connectivity index is 1.68. The van der Waals surface area contributed by atoms with Gasteiger partial charge in [-0.15, -0.1) is 0 Å². The average molecular weight is 428 g/mol. The minimum absolute atomic E-state index is 0.0399. The Hall–Kier alpha value is -2.07. The second kappa shape index (κ2) is 8.12. The van der Waals surface area contributed by atoms with E-state index >= 15 is 0 Å². The first-order valence-electron chi connectivity index (χ1n) is 8.60. The van der Waals surface area contributed by atoms with Crippen molar-refractivity contribution in [3.05, 3.63) is 68.5 Å². The molecule has 0 saturated carbocycles. The molecule has 0 aromatic heterocycles. The molecule has 1 aliphatic rings. The molecule has 150 valence electrons. The molecule has 0 amide bonds. The summed E-state index contributed by atoms with van der Waals surface area (Å²) in [6.07, 6.45) is 0. The summed E-state index contributed by atoms with van der Waals surface area (Å²) in [4.78, 5) is 12.7. The Morgan fingerprint density at radius 3 is 2.46 bits per heavy atom. The van der Waals surface area contributed by atoms with Gasteiger partial charge >= 0.3 is 0 Å². The molecule has 0 atom stereocenters. The first-order valence-corrected chi connectivity index (χ1v) is 10.4. The minimum atomic E-state index is -3.76. The van der Waals surface area contributed by atoms with Gasteiger partial charge in [-0.25, -0.2) is 12.8 Å². The zero-order valence-electron chi connectivity index (χ0n) is 15.1. The highest BCUT2D eigenvalue weighted by Crippen LogP contribution is 2.25. The first-order chi connectivity index (χ1) is 13.2. The number of hydrogen-bond donors (Lipinski definition) is 0. The van der Waals surface area contributed by atoms with Crippen LogP contribution in [0.25, 0.3) is 0 Å².